The maximum atomic E-state index is 12.1. The average Bonchev–Trinajstić information content (AvgIpc) is 2.36. The predicted molar refractivity (Wildman–Crippen MR) is 74.1 cm³/mol. The molecule has 0 aliphatic carbocycles. The Labute approximate surface area is 114 Å². The van der Waals surface area contributed by atoms with Crippen LogP contribution in [0.25, 0.3) is 0 Å². The first kappa shape index (κ1) is 15.2. The zero-order chi connectivity index (χ0) is 14.6. The highest BCUT2D eigenvalue weighted by Crippen LogP contribution is 2.22. The van der Waals surface area contributed by atoms with Crippen LogP contribution in [0, 0.1) is 0 Å². The molecule has 0 aliphatic rings. The van der Waals surface area contributed by atoms with E-state index in [1.54, 1.807) is 19.2 Å². The smallest absolute Gasteiger partial charge is 0.325 e. The normalized spacial score (nSPS) is 11.0. The number of likely N-dealkylation sites (N-methyl/N-ethyl adjacent to an activating group) is 1. The molecule has 0 bridgehead atoms. The number of hydrogen-bond donors (Lipinski definition) is 0. The topological polar surface area (TPSA) is 46.6 Å². The standard InChI is InChI=1S/C15H21NO3/c1-15(2,3)12-8-6-11(7-9-12)14(18)16(4)10-13(17)19-5/h6-9H,10H2,1-5H3. The first-order valence-corrected chi connectivity index (χ1v) is 6.18. The summed E-state index contributed by atoms with van der Waals surface area (Å²) in [7, 11) is 2.88. The lowest BCUT2D eigenvalue weighted by atomic mass is 9.86. The van der Waals surface area contributed by atoms with E-state index >= 15 is 0 Å². The quantitative estimate of drug-likeness (QED) is 0.786. The van der Waals surface area contributed by atoms with Crippen molar-refractivity contribution in [3.63, 3.8) is 0 Å². The summed E-state index contributed by atoms with van der Waals surface area (Å²) >= 11 is 0. The predicted octanol–water partition coefficient (Wildman–Crippen LogP) is 2.23. The minimum atomic E-state index is -0.429. The molecule has 0 fully saturated rings. The van der Waals surface area contributed by atoms with Gasteiger partial charge in [-0.1, -0.05) is 32.9 Å². The summed E-state index contributed by atoms with van der Waals surface area (Å²) in [6.45, 7) is 6.31. The number of esters is 1. The minimum Gasteiger partial charge on any atom is -0.468 e. The fourth-order valence-electron chi connectivity index (χ4n) is 1.66. The number of benzene rings is 1. The molecule has 0 spiro atoms. The molecule has 0 aliphatic heterocycles. The van der Waals surface area contributed by atoms with E-state index in [1.165, 1.54) is 17.6 Å². The first-order chi connectivity index (χ1) is 8.75. The zero-order valence-electron chi connectivity index (χ0n) is 12.2. The van der Waals surface area contributed by atoms with E-state index in [0.717, 1.165) is 0 Å². The lowest BCUT2D eigenvalue weighted by Gasteiger charge is -2.20. The Morgan fingerprint density at radius 3 is 2.11 bits per heavy atom. The van der Waals surface area contributed by atoms with Crippen LogP contribution in [0.4, 0.5) is 0 Å². The molecule has 0 aromatic heterocycles. The molecule has 4 heteroatoms. The van der Waals surface area contributed by atoms with Crippen LogP contribution < -0.4 is 0 Å². The van der Waals surface area contributed by atoms with Gasteiger partial charge in [-0.05, 0) is 23.1 Å². The summed E-state index contributed by atoms with van der Waals surface area (Å²) in [5.41, 5.74) is 1.79. The monoisotopic (exact) mass is 263 g/mol. The van der Waals surface area contributed by atoms with Gasteiger partial charge in [0.1, 0.15) is 6.54 Å². The molecular formula is C15H21NO3. The van der Waals surface area contributed by atoms with E-state index in [0.29, 0.717) is 5.56 Å². The first-order valence-electron chi connectivity index (χ1n) is 6.18. The summed E-state index contributed by atoms with van der Waals surface area (Å²) < 4.78 is 4.54. The number of amides is 1. The van der Waals surface area contributed by atoms with Gasteiger partial charge in [0.25, 0.3) is 5.91 Å². The van der Waals surface area contributed by atoms with Crippen LogP contribution in [0.15, 0.2) is 24.3 Å². The largest absolute Gasteiger partial charge is 0.468 e. The van der Waals surface area contributed by atoms with Crippen molar-refractivity contribution in [3.05, 3.63) is 35.4 Å². The molecule has 1 amide bonds. The zero-order valence-corrected chi connectivity index (χ0v) is 12.2. The summed E-state index contributed by atoms with van der Waals surface area (Å²) in [4.78, 5) is 24.5. The van der Waals surface area contributed by atoms with Crippen LogP contribution in [0.3, 0.4) is 0 Å². The lowest BCUT2D eigenvalue weighted by Crippen LogP contribution is -2.32. The van der Waals surface area contributed by atoms with E-state index in [1.807, 2.05) is 12.1 Å². The third-order valence-electron chi connectivity index (χ3n) is 2.94. The number of carbonyl (C=O) groups excluding carboxylic acids is 2. The van der Waals surface area contributed by atoms with Gasteiger partial charge in [-0.15, -0.1) is 0 Å². The number of nitrogens with zero attached hydrogens (tertiary/aromatic N) is 1. The molecule has 0 saturated heterocycles. The molecule has 1 aromatic rings. The fraction of sp³-hybridized carbons (Fsp3) is 0.467. The van der Waals surface area contributed by atoms with Gasteiger partial charge in [-0.25, -0.2) is 0 Å². The Balaban J connectivity index is 2.81. The second-order valence-corrected chi connectivity index (χ2v) is 5.56. The number of rotatable bonds is 3. The molecule has 0 atom stereocenters. The van der Waals surface area contributed by atoms with E-state index in [4.69, 9.17) is 0 Å². The lowest BCUT2D eigenvalue weighted by molar-refractivity contribution is -0.141. The molecule has 0 unspecified atom stereocenters. The van der Waals surface area contributed by atoms with Gasteiger partial charge in [0.05, 0.1) is 7.11 Å². The van der Waals surface area contributed by atoms with E-state index in [-0.39, 0.29) is 17.9 Å². The van der Waals surface area contributed by atoms with Gasteiger partial charge >= 0.3 is 5.97 Å². The fourth-order valence-corrected chi connectivity index (χ4v) is 1.66. The SMILES string of the molecule is COC(=O)CN(C)C(=O)c1ccc(C(C)(C)C)cc1. The summed E-state index contributed by atoms with van der Waals surface area (Å²) in [5.74, 6) is -0.618. The molecule has 104 valence electrons. The Kier molecular flexibility index (Phi) is 4.70. The molecule has 4 nitrogen and oxygen atoms in total. The van der Waals surface area contributed by atoms with E-state index in [2.05, 4.69) is 25.5 Å². The van der Waals surface area contributed by atoms with Gasteiger partial charge in [0, 0.05) is 12.6 Å². The Hall–Kier alpha value is -1.84. The maximum Gasteiger partial charge on any atom is 0.325 e. The summed E-state index contributed by atoms with van der Waals surface area (Å²) in [5, 5.41) is 0. The van der Waals surface area contributed by atoms with Gasteiger partial charge < -0.3 is 9.64 Å². The van der Waals surface area contributed by atoms with Crippen molar-refractivity contribution < 1.29 is 14.3 Å². The molecule has 1 rings (SSSR count). The number of carbonyl (C=O) groups is 2. The highest BCUT2D eigenvalue weighted by molar-refractivity contribution is 5.95. The van der Waals surface area contributed by atoms with Crippen LogP contribution in [0.2, 0.25) is 0 Å². The average molecular weight is 263 g/mol. The molecule has 0 heterocycles. The van der Waals surface area contributed by atoms with Crippen LogP contribution in [0.5, 0.6) is 0 Å². The minimum absolute atomic E-state index is 0.0453. The van der Waals surface area contributed by atoms with Crippen LogP contribution >= 0.6 is 0 Å². The van der Waals surface area contributed by atoms with Crippen molar-refractivity contribution in [1.82, 2.24) is 4.90 Å². The van der Waals surface area contributed by atoms with Crippen molar-refractivity contribution >= 4 is 11.9 Å². The second kappa shape index (κ2) is 5.87. The van der Waals surface area contributed by atoms with Crippen molar-refractivity contribution in [2.75, 3.05) is 20.7 Å². The van der Waals surface area contributed by atoms with E-state index < -0.39 is 5.97 Å². The summed E-state index contributed by atoms with van der Waals surface area (Å²) in [6.07, 6.45) is 0. The van der Waals surface area contributed by atoms with Gasteiger partial charge in [-0.2, -0.15) is 0 Å². The van der Waals surface area contributed by atoms with Gasteiger partial charge in [0.2, 0.25) is 0 Å². The molecule has 0 saturated carbocycles. The van der Waals surface area contributed by atoms with Crippen molar-refractivity contribution in [3.8, 4) is 0 Å². The van der Waals surface area contributed by atoms with Crippen molar-refractivity contribution in [1.29, 1.82) is 0 Å². The van der Waals surface area contributed by atoms with Crippen LogP contribution in [-0.4, -0.2) is 37.5 Å². The Bertz CT molecular complexity index is 457. The third-order valence-corrected chi connectivity index (χ3v) is 2.94. The summed E-state index contributed by atoms with van der Waals surface area (Å²) in [6, 6.07) is 7.46. The molecular weight excluding hydrogens is 242 g/mol. The highest BCUT2D eigenvalue weighted by atomic mass is 16.5. The Morgan fingerprint density at radius 2 is 1.68 bits per heavy atom. The van der Waals surface area contributed by atoms with Crippen molar-refractivity contribution in [2.45, 2.75) is 26.2 Å². The van der Waals surface area contributed by atoms with Crippen LogP contribution in [-0.2, 0) is 14.9 Å². The van der Waals surface area contributed by atoms with Crippen LogP contribution in [0.1, 0.15) is 36.7 Å². The molecule has 19 heavy (non-hydrogen) atoms. The third kappa shape index (κ3) is 4.09. The van der Waals surface area contributed by atoms with Crippen molar-refractivity contribution in [2.24, 2.45) is 0 Å². The molecule has 0 radical (unpaired) electrons. The number of ether oxygens (including phenoxy) is 1. The molecule has 1 aromatic carbocycles. The highest BCUT2D eigenvalue weighted by Gasteiger charge is 2.17. The van der Waals surface area contributed by atoms with Gasteiger partial charge in [0.15, 0.2) is 0 Å². The van der Waals surface area contributed by atoms with Gasteiger partial charge in [-0.3, -0.25) is 9.59 Å². The Morgan fingerprint density at radius 1 is 1.16 bits per heavy atom. The number of methoxy groups -OCH3 is 1. The number of hydrogen-bond acceptors (Lipinski definition) is 3. The maximum absolute atomic E-state index is 12.1. The van der Waals surface area contributed by atoms with E-state index in [9.17, 15) is 9.59 Å². The molecule has 0 N–H and O–H groups in total. The second-order valence-electron chi connectivity index (χ2n) is 5.56.